The molecule has 1 saturated carbocycles. The molecule has 0 unspecified atom stereocenters. The van der Waals surface area contributed by atoms with Gasteiger partial charge in [-0.2, -0.15) is 0 Å². The van der Waals surface area contributed by atoms with Crippen LogP contribution in [0.3, 0.4) is 0 Å². The molecule has 0 radical (unpaired) electrons. The number of alkyl halides is 2. The Balaban J connectivity index is 1.47. The van der Waals surface area contributed by atoms with Crippen LogP contribution >= 0.6 is 11.3 Å². The van der Waals surface area contributed by atoms with Gasteiger partial charge in [0.2, 0.25) is 10.0 Å². The number of aromatic nitrogens is 3. The van der Waals surface area contributed by atoms with Gasteiger partial charge in [0.15, 0.2) is 10.0 Å². The van der Waals surface area contributed by atoms with Gasteiger partial charge in [-0.25, -0.2) is 21.9 Å². The molecule has 36 heavy (non-hydrogen) atoms. The van der Waals surface area contributed by atoms with Crippen molar-refractivity contribution in [3.8, 4) is 10.7 Å². The first kappa shape index (κ1) is 24.2. The van der Waals surface area contributed by atoms with Gasteiger partial charge in [-0.1, -0.05) is 11.3 Å². The Morgan fingerprint density at radius 2 is 2.06 bits per heavy atom. The number of halogens is 2. The van der Waals surface area contributed by atoms with E-state index >= 15 is 0 Å². The largest absolute Gasteiger partial charge is 0.378 e. The number of piperazine rings is 1. The Morgan fingerprint density at radius 3 is 2.78 bits per heavy atom. The SMILES string of the molecule is C[C@H]1CN(c2cc(S(=O)(=O)NC3(C)CC3)cn3c(-c4nnc(C(F)F)s4)ccc23)C[C@@H]2COCCN21. The predicted molar refractivity (Wildman–Crippen MR) is 132 cm³/mol. The average molecular weight is 539 g/mol. The van der Waals surface area contributed by atoms with Crippen LogP contribution in [0.4, 0.5) is 14.5 Å². The van der Waals surface area contributed by atoms with Crippen molar-refractivity contribution in [2.45, 2.75) is 55.6 Å². The summed E-state index contributed by atoms with van der Waals surface area (Å²) < 4.78 is 63.5. The van der Waals surface area contributed by atoms with Crippen molar-refractivity contribution in [1.29, 1.82) is 0 Å². The van der Waals surface area contributed by atoms with Crippen molar-refractivity contribution in [1.82, 2.24) is 24.2 Å². The lowest BCUT2D eigenvalue weighted by atomic mass is 10.1. The molecule has 9 nitrogen and oxygen atoms in total. The lowest BCUT2D eigenvalue weighted by molar-refractivity contribution is -0.0317. The second kappa shape index (κ2) is 8.69. The van der Waals surface area contributed by atoms with Crippen molar-refractivity contribution in [2.24, 2.45) is 0 Å². The number of pyridine rings is 1. The molecule has 5 heterocycles. The van der Waals surface area contributed by atoms with Crippen LogP contribution < -0.4 is 9.62 Å². The van der Waals surface area contributed by atoms with E-state index in [-0.39, 0.29) is 22.0 Å². The quantitative estimate of drug-likeness (QED) is 0.516. The van der Waals surface area contributed by atoms with E-state index in [1.165, 1.54) is 0 Å². The molecule has 1 N–H and O–H groups in total. The molecular weight excluding hydrogens is 510 g/mol. The van der Waals surface area contributed by atoms with Crippen LogP contribution in [0.1, 0.15) is 38.1 Å². The normalized spacial score (nSPS) is 24.4. The number of nitrogens with zero attached hydrogens (tertiary/aromatic N) is 5. The predicted octanol–water partition coefficient (Wildman–Crippen LogP) is 3.14. The lowest BCUT2D eigenvalue weighted by Gasteiger charge is -2.48. The number of sulfonamides is 1. The molecule has 13 heteroatoms. The highest BCUT2D eigenvalue weighted by atomic mass is 32.2. The van der Waals surface area contributed by atoms with Gasteiger partial charge in [-0.15, -0.1) is 10.2 Å². The molecule has 0 spiro atoms. The third-order valence-electron chi connectivity index (χ3n) is 7.35. The number of anilines is 1. The van der Waals surface area contributed by atoms with Crippen molar-refractivity contribution in [3.63, 3.8) is 0 Å². The van der Waals surface area contributed by atoms with Gasteiger partial charge >= 0.3 is 0 Å². The summed E-state index contributed by atoms with van der Waals surface area (Å²) in [5.41, 5.74) is 1.66. The molecule has 3 aromatic heterocycles. The molecular formula is C23H28F2N6O3S2. The van der Waals surface area contributed by atoms with Crippen LogP contribution in [0.15, 0.2) is 29.3 Å². The van der Waals surface area contributed by atoms with Crippen LogP contribution in [0.25, 0.3) is 16.2 Å². The highest BCUT2D eigenvalue weighted by Crippen LogP contribution is 2.38. The smallest absolute Gasteiger partial charge is 0.291 e. The fourth-order valence-electron chi connectivity index (χ4n) is 5.20. The zero-order chi connectivity index (χ0) is 25.2. The number of nitrogens with one attached hydrogen (secondary N) is 1. The Morgan fingerprint density at radius 1 is 1.25 bits per heavy atom. The van der Waals surface area contributed by atoms with E-state index in [4.69, 9.17) is 4.74 Å². The second-order valence-corrected chi connectivity index (χ2v) is 12.9. The van der Waals surface area contributed by atoms with Gasteiger partial charge in [0, 0.05) is 37.4 Å². The third kappa shape index (κ3) is 4.30. The van der Waals surface area contributed by atoms with E-state index in [2.05, 4.69) is 31.6 Å². The van der Waals surface area contributed by atoms with E-state index in [0.29, 0.717) is 30.5 Å². The maximum Gasteiger partial charge on any atom is 0.291 e. The summed E-state index contributed by atoms with van der Waals surface area (Å²) in [4.78, 5) is 4.79. The first-order chi connectivity index (χ1) is 17.1. The van der Waals surface area contributed by atoms with Crippen LogP contribution in [0.2, 0.25) is 0 Å². The lowest BCUT2D eigenvalue weighted by Crippen LogP contribution is -2.62. The monoisotopic (exact) mass is 538 g/mol. The number of hydrogen-bond acceptors (Lipinski definition) is 8. The maximum absolute atomic E-state index is 13.4. The van der Waals surface area contributed by atoms with Gasteiger partial charge in [-0.05, 0) is 44.9 Å². The number of morpholine rings is 1. The van der Waals surface area contributed by atoms with Gasteiger partial charge in [0.1, 0.15) is 4.90 Å². The van der Waals surface area contributed by atoms with E-state index in [1.807, 2.05) is 13.0 Å². The number of rotatable bonds is 6. The molecule has 6 rings (SSSR count). The summed E-state index contributed by atoms with van der Waals surface area (Å²) in [7, 11) is -3.82. The zero-order valence-corrected chi connectivity index (χ0v) is 21.7. The number of ether oxygens (including phenoxy) is 1. The minimum atomic E-state index is -3.82. The van der Waals surface area contributed by atoms with E-state index in [0.717, 1.165) is 48.5 Å². The maximum atomic E-state index is 13.4. The van der Waals surface area contributed by atoms with Crippen molar-refractivity contribution in [2.75, 3.05) is 37.7 Å². The molecule has 2 aliphatic heterocycles. The summed E-state index contributed by atoms with van der Waals surface area (Å²) in [6.07, 6.45) is 0.416. The highest BCUT2D eigenvalue weighted by Gasteiger charge is 2.42. The highest BCUT2D eigenvalue weighted by molar-refractivity contribution is 7.89. The fraction of sp³-hybridized carbons (Fsp3) is 0.565. The van der Waals surface area contributed by atoms with Crippen LogP contribution in [-0.4, -0.2) is 78.4 Å². The number of hydrogen-bond donors (Lipinski definition) is 1. The molecule has 3 fully saturated rings. The minimum absolute atomic E-state index is 0.129. The zero-order valence-electron chi connectivity index (χ0n) is 20.0. The van der Waals surface area contributed by atoms with Crippen molar-refractivity contribution in [3.05, 3.63) is 29.4 Å². The first-order valence-electron chi connectivity index (χ1n) is 12.0. The van der Waals surface area contributed by atoms with Crippen LogP contribution in [0.5, 0.6) is 0 Å². The Hall–Kier alpha value is -2.19. The Kier molecular flexibility index (Phi) is 5.83. The average Bonchev–Trinajstić information content (AvgIpc) is 3.23. The summed E-state index contributed by atoms with van der Waals surface area (Å²) >= 11 is 0.809. The van der Waals surface area contributed by atoms with E-state index < -0.39 is 22.0 Å². The topological polar surface area (TPSA) is 92.1 Å². The molecule has 0 bridgehead atoms. The van der Waals surface area contributed by atoms with Gasteiger partial charge in [0.05, 0.1) is 36.2 Å². The summed E-state index contributed by atoms with van der Waals surface area (Å²) in [6, 6.07) is 5.86. The van der Waals surface area contributed by atoms with E-state index in [9.17, 15) is 17.2 Å². The van der Waals surface area contributed by atoms with Crippen LogP contribution in [-0.2, 0) is 14.8 Å². The number of fused-ring (bicyclic) bond motifs is 2. The van der Waals surface area contributed by atoms with Gasteiger partial charge < -0.3 is 14.0 Å². The first-order valence-corrected chi connectivity index (χ1v) is 14.3. The third-order valence-corrected chi connectivity index (χ3v) is 9.91. The molecule has 3 aliphatic rings. The summed E-state index contributed by atoms with van der Waals surface area (Å²) in [6.45, 7) is 7.72. The molecule has 194 valence electrons. The fourth-order valence-corrected chi connectivity index (χ4v) is 7.40. The molecule has 1 aliphatic carbocycles. The van der Waals surface area contributed by atoms with E-state index in [1.54, 1.807) is 22.7 Å². The van der Waals surface area contributed by atoms with Gasteiger partial charge in [0.25, 0.3) is 6.43 Å². The standard InChI is InChI=1S/C23H28F2N6O3S2/c1-14-10-29(11-15-13-34-8-7-30(14)15)19-9-16(36(32,33)28-23(2)5-6-23)12-31-17(19)3-4-18(31)21-26-27-22(35-21)20(24)25/h3-4,9,12,14-15,20,28H,5-8,10-11,13H2,1-2H3/t14-,15+/m0/s1. The molecule has 0 aromatic carbocycles. The summed E-state index contributed by atoms with van der Waals surface area (Å²) in [5, 5.41) is 7.53. The van der Waals surface area contributed by atoms with Crippen LogP contribution in [0, 0.1) is 0 Å². The van der Waals surface area contributed by atoms with Crippen molar-refractivity contribution < 1.29 is 21.9 Å². The Bertz CT molecular complexity index is 1400. The minimum Gasteiger partial charge on any atom is -0.378 e. The molecule has 0 amide bonds. The van der Waals surface area contributed by atoms with Gasteiger partial charge in [-0.3, -0.25) is 4.90 Å². The Labute approximate surface area is 212 Å². The molecule has 2 saturated heterocycles. The molecule has 3 aromatic rings. The molecule has 2 atom stereocenters. The van der Waals surface area contributed by atoms with Crippen molar-refractivity contribution >= 4 is 32.6 Å². The second-order valence-electron chi connectivity index (χ2n) is 10.2. The summed E-state index contributed by atoms with van der Waals surface area (Å²) in [5.74, 6) is 0.